The zero-order chi connectivity index (χ0) is 24.7. The first-order valence-corrected chi connectivity index (χ1v) is 11.0. The van der Waals surface area contributed by atoms with Crippen LogP contribution >= 0.6 is 11.6 Å². The number of nitrogens with zero attached hydrogens (tertiary/aromatic N) is 6. The van der Waals surface area contributed by atoms with Gasteiger partial charge in [0.2, 0.25) is 5.67 Å². The van der Waals surface area contributed by atoms with E-state index in [4.69, 9.17) is 23.0 Å². The number of alkyl halides is 1. The van der Waals surface area contributed by atoms with Gasteiger partial charge in [-0.3, -0.25) is 4.79 Å². The van der Waals surface area contributed by atoms with Crippen LogP contribution in [0.5, 0.6) is 0 Å². The Balaban J connectivity index is 1.84. The molecule has 0 aliphatic carbocycles. The Kier molecular flexibility index (Phi) is 5.42. The van der Waals surface area contributed by atoms with Gasteiger partial charge in [-0.15, -0.1) is 11.5 Å². The fraction of sp³-hybridized carbons (Fsp3) is 0.115. The van der Waals surface area contributed by atoms with E-state index in [1.165, 1.54) is 21.5 Å². The Labute approximate surface area is 204 Å². The van der Waals surface area contributed by atoms with Gasteiger partial charge in [0.15, 0.2) is 0 Å². The van der Waals surface area contributed by atoms with Gasteiger partial charge in [0.05, 0.1) is 28.6 Å². The summed E-state index contributed by atoms with van der Waals surface area (Å²) in [7, 11) is 3.24. The summed E-state index contributed by atoms with van der Waals surface area (Å²) in [5.41, 5.74) is 0.355. The summed E-state index contributed by atoms with van der Waals surface area (Å²) in [5.74, 6) is 2.50. The van der Waals surface area contributed by atoms with Crippen molar-refractivity contribution in [1.29, 1.82) is 0 Å². The number of terminal acetylenes is 1. The quantitative estimate of drug-likeness (QED) is 0.360. The SMILES string of the molecule is C#Cc1cccc(-c2cc(=O)n(C)c3ccc(C(F)(c4ccc(Cl)cc4)c4cnnn4C)nc23)n1. The molecule has 7 nitrogen and oxygen atoms in total. The van der Waals surface area contributed by atoms with Crippen molar-refractivity contribution in [3.8, 4) is 23.6 Å². The molecule has 0 bridgehead atoms. The molecule has 4 heterocycles. The maximum absolute atomic E-state index is 17.3. The van der Waals surface area contributed by atoms with Gasteiger partial charge in [0.1, 0.15) is 11.4 Å². The van der Waals surface area contributed by atoms with Gasteiger partial charge in [0.25, 0.3) is 5.56 Å². The van der Waals surface area contributed by atoms with Crippen LogP contribution in [-0.4, -0.2) is 29.5 Å². The highest BCUT2D eigenvalue weighted by Crippen LogP contribution is 2.40. The number of benzene rings is 1. The van der Waals surface area contributed by atoms with Crippen LogP contribution in [0.25, 0.3) is 22.3 Å². The van der Waals surface area contributed by atoms with Crippen LogP contribution in [0.15, 0.2) is 71.7 Å². The van der Waals surface area contributed by atoms with Crippen LogP contribution in [0.3, 0.4) is 0 Å². The predicted octanol–water partition coefficient (Wildman–Crippen LogP) is 4.02. The van der Waals surface area contributed by atoms with E-state index in [1.54, 1.807) is 68.7 Å². The summed E-state index contributed by atoms with van der Waals surface area (Å²) in [5, 5.41) is 8.27. The van der Waals surface area contributed by atoms with Gasteiger partial charge < -0.3 is 4.57 Å². The molecule has 0 aliphatic heterocycles. The molecule has 0 amide bonds. The van der Waals surface area contributed by atoms with Crippen LogP contribution < -0.4 is 5.56 Å². The van der Waals surface area contributed by atoms with Crippen molar-refractivity contribution in [2.75, 3.05) is 0 Å². The topological polar surface area (TPSA) is 78.5 Å². The minimum Gasteiger partial charge on any atom is -0.310 e. The van der Waals surface area contributed by atoms with E-state index in [1.807, 2.05) is 0 Å². The first-order chi connectivity index (χ1) is 16.8. The molecule has 0 radical (unpaired) electrons. The van der Waals surface area contributed by atoms with Crippen molar-refractivity contribution in [2.45, 2.75) is 5.67 Å². The van der Waals surface area contributed by atoms with Crippen molar-refractivity contribution < 1.29 is 4.39 Å². The largest absolute Gasteiger partial charge is 0.310 e. The molecule has 0 spiro atoms. The Hall–Kier alpha value is -4.35. The molecule has 0 saturated heterocycles. The Bertz CT molecular complexity index is 1690. The molecular formula is C26H18ClFN6O. The molecule has 9 heteroatoms. The second kappa shape index (κ2) is 8.46. The molecule has 0 saturated carbocycles. The van der Waals surface area contributed by atoms with E-state index >= 15 is 4.39 Å². The normalized spacial score (nSPS) is 12.9. The third-order valence-electron chi connectivity index (χ3n) is 5.92. The number of aromatic nitrogens is 6. The van der Waals surface area contributed by atoms with Crippen LogP contribution in [-0.2, 0) is 19.8 Å². The molecule has 5 rings (SSSR count). The summed E-state index contributed by atoms with van der Waals surface area (Å²) >= 11 is 6.07. The molecule has 172 valence electrons. The second-order valence-corrected chi connectivity index (χ2v) is 8.42. The van der Waals surface area contributed by atoms with Crippen LogP contribution in [0.4, 0.5) is 4.39 Å². The number of rotatable bonds is 4. The molecule has 0 N–H and O–H groups in total. The van der Waals surface area contributed by atoms with E-state index in [-0.39, 0.29) is 16.9 Å². The average Bonchev–Trinajstić information content (AvgIpc) is 3.32. The molecule has 0 fully saturated rings. The zero-order valence-electron chi connectivity index (χ0n) is 18.8. The summed E-state index contributed by atoms with van der Waals surface area (Å²) in [4.78, 5) is 21.9. The van der Waals surface area contributed by atoms with Gasteiger partial charge in [-0.05, 0) is 36.4 Å². The molecular weight excluding hydrogens is 467 g/mol. The smallest absolute Gasteiger partial charge is 0.251 e. The van der Waals surface area contributed by atoms with Crippen molar-refractivity contribution in [1.82, 2.24) is 29.5 Å². The minimum absolute atomic E-state index is 0.0886. The van der Waals surface area contributed by atoms with Crippen LogP contribution in [0.2, 0.25) is 5.02 Å². The highest BCUT2D eigenvalue weighted by molar-refractivity contribution is 6.30. The van der Waals surface area contributed by atoms with Gasteiger partial charge >= 0.3 is 0 Å². The fourth-order valence-electron chi connectivity index (χ4n) is 4.09. The lowest BCUT2D eigenvalue weighted by Gasteiger charge is -2.26. The highest BCUT2D eigenvalue weighted by atomic mass is 35.5. The van der Waals surface area contributed by atoms with Gasteiger partial charge in [-0.25, -0.2) is 19.0 Å². The third-order valence-corrected chi connectivity index (χ3v) is 6.18. The first kappa shape index (κ1) is 22.4. The third kappa shape index (κ3) is 3.66. The molecule has 4 aromatic heterocycles. The van der Waals surface area contributed by atoms with Crippen molar-refractivity contribution in [3.05, 3.63) is 105 Å². The lowest BCUT2D eigenvalue weighted by atomic mass is 9.88. The summed E-state index contributed by atoms with van der Waals surface area (Å²) < 4.78 is 20.1. The number of halogens is 2. The fourth-order valence-corrected chi connectivity index (χ4v) is 4.21. The summed E-state index contributed by atoms with van der Waals surface area (Å²) in [6.07, 6.45) is 6.88. The van der Waals surface area contributed by atoms with E-state index in [0.29, 0.717) is 38.6 Å². The average molecular weight is 485 g/mol. The van der Waals surface area contributed by atoms with Crippen molar-refractivity contribution in [3.63, 3.8) is 0 Å². The number of pyridine rings is 3. The van der Waals surface area contributed by atoms with E-state index in [2.05, 4.69) is 21.2 Å². The summed E-state index contributed by atoms with van der Waals surface area (Å²) in [6, 6.07) is 16.2. The Morgan fingerprint density at radius 2 is 1.83 bits per heavy atom. The maximum atomic E-state index is 17.3. The number of hydrogen-bond donors (Lipinski definition) is 0. The highest BCUT2D eigenvalue weighted by Gasteiger charge is 2.41. The first-order valence-electron chi connectivity index (χ1n) is 10.6. The van der Waals surface area contributed by atoms with Crippen molar-refractivity contribution >= 4 is 22.6 Å². The molecule has 5 aromatic rings. The zero-order valence-corrected chi connectivity index (χ0v) is 19.5. The minimum atomic E-state index is -2.21. The Morgan fingerprint density at radius 1 is 1.06 bits per heavy atom. The number of fused-ring (bicyclic) bond motifs is 1. The van der Waals surface area contributed by atoms with Crippen LogP contribution in [0, 0.1) is 12.3 Å². The van der Waals surface area contributed by atoms with E-state index in [9.17, 15) is 4.79 Å². The standard InChI is InChI=1S/C26H18ClFN6O/c1-4-18-6-5-7-20(30-18)19-14-24(35)33(2)21-12-13-22(31-25(19)21)26(28,23-15-29-32-34(23)3)16-8-10-17(27)11-9-16/h1,5-15H,2-3H3. The monoisotopic (exact) mass is 484 g/mol. The molecule has 1 unspecified atom stereocenters. The van der Waals surface area contributed by atoms with Crippen molar-refractivity contribution in [2.24, 2.45) is 14.1 Å². The van der Waals surface area contributed by atoms with Gasteiger partial charge in [-0.1, -0.05) is 40.9 Å². The lowest BCUT2D eigenvalue weighted by molar-refractivity contribution is 0.257. The van der Waals surface area contributed by atoms with Gasteiger partial charge in [-0.2, -0.15) is 0 Å². The second-order valence-electron chi connectivity index (χ2n) is 7.98. The van der Waals surface area contributed by atoms with E-state index in [0.717, 1.165) is 0 Å². The molecule has 1 aromatic carbocycles. The van der Waals surface area contributed by atoms with E-state index < -0.39 is 5.67 Å². The molecule has 0 aliphatic rings. The Morgan fingerprint density at radius 3 is 2.51 bits per heavy atom. The summed E-state index contributed by atoms with van der Waals surface area (Å²) in [6.45, 7) is 0. The molecule has 1 atom stereocenters. The maximum Gasteiger partial charge on any atom is 0.251 e. The molecule has 35 heavy (non-hydrogen) atoms. The van der Waals surface area contributed by atoms with Crippen LogP contribution in [0.1, 0.15) is 22.6 Å². The van der Waals surface area contributed by atoms with Gasteiger partial charge in [0, 0.05) is 36.3 Å². The lowest BCUT2D eigenvalue weighted by Crippen LogP contribution is -2.28. The number of aryl methyl sites for hydroxylation is 2. The number of hydrogen-bond acceptors (Lipinski definition) is 5. The predicted molar refractivity (Wildman–Crippen MR) is 132 cm³/mol.